The summed E-state index contributed by atoms with van der Waals surface area (Å²) in [6.07, 6.45) is 10.5. The Labute approximate surface area is 186 Å². The maximum absolute atomic E-state index is 11.3. The van der Waals surface area contributed by atoms with Crippen LogP contribution in [-0.2, 0) is 16.6 Å². The number of hydrogen-bond acceptors (Lipinski definition) is 4. The largest absolute Gasteiger partial charge is 0.508 e. The van der Waals surface area contributed by atoms with E-state index in [1.807, 2.05) is 6.07 Å². The normalized spacial score (nSPS) is 28.7. The van der Waals surface area contributed by atoms with E-state index in [0.29, 0.717) is 24.3 Å². The van der Waals surface area contributed by atoms with Gasteiger partial charge in [-0.2, -0.15) is 0 Å². The van der Waals surface area contributed by atoms with E-state index in [4.69, 9.17) is 9.47 Å². The highest BCUT2D eigenvalue weighted by Crippen LogP contribution is 2.54. The quantitative estimate of drug-likeness (QED) is 0.370. The molecule has 2 bridgehead atoms. The van der Waals surface area contributed by atoms with Crippen molar-refractivity contribution < 1.29 is 19.4 Å². The Morgan fingerprint density at radius 3 is 2.94 bits per heavy atom. The predicted molar refractivity (Wildman–Crippen MR) is 122 cm³/mol. The van der Waals surface area contributed by atoms with Crippen LogP contribution in [0.5, 0.6) is 5.75 Å². The summed E-state index contributed by atoms with van der Waals surface area (Å²) in [5.74, 6) is 1.88. The molecule has 2 aliphatic carbocycles. The third-order valence-electron chi connectivity index (χ3n) is 8.19. The highest BCUT2D eigenvalue weighted by molar-refractivity contribution is 5.57. The van der Waals surface area contributed by atoms with Gasteiger partial charge >= 0.3 is 6.16 Å². The van der Waals surface area contributed by atoms with E-state index >= 15 is 0 Å². The van der Waals surface area contributed by atoms with Gasteiger partial charge in [0.05, 0.1) is 0 Å². The average molecular weight is 430 g/mol. The summed E-state index contributed by atoms with van der Waals surface area (Å²) in [4.78, 5) is 11.3. The zero-order chi connectivity index (χ0) is 21.8. The number of fused-ring (bicyclic) bond motifs is 1. The summed E-state index contributed by atoms with van der Waals surface area (Å²) in [5, 5.41) is 13.1. The van der Waals surface area contributed by atoms with Gasteiger partial charge in [0.1, 0.15) is 5.75 Å². The van der Waals surface area contributed by atoms with Crippen LogP contribution in [0.4, 0.5) is 4.79 Å². The molecule has 1 aliphatic heterocycles. The van der Waals surface area contributed by atoms with Crippen molar-refractivity contribution in [3.05, 3.63) is 29.3 Å². The van der Waals surface area contributed by atoms with Crippen LogP contribution in [0.2, 0.25) is 0 Å². The molecule has 5 heteroatoms. The maximum atomic E-state index is 11.3. The molecule has 172 valence electrons. The van der Waals surface area contributed by atoms with Crippen molar-refractivity contribution >= 4 is 6.16 Å². The van der Waals surface area contributed by atoms with Crippen molar-refractivity contribution in [1.29, 1.82) is 0 Å². The second-order valence-electron chi connectivity index (χ2n) is 9.93. The SMILES string of the molecule is CCCCC(CC)CC(OC(=O)O)Oc1ccc2c(c1)[C@@]13CCCC[C@H]1[C@@H](C2)NCC3. The number of piperidine rings is 1. The Bertz CT molecular complexity index is 762. The Balaban J connectivity index is 1.56. The van der Waals surface area contributed by atoms with Gasteiger partial charge in [0.2, 0.25) is 6.29 Å². The molecule has 3 aliphatic rings. The van der Waals surface area contributed by atoms with Crippen molar-refractivity contribution in [2.24, 2.45) is 11.8 Å². The first-order chi connectivity index (χ1) is 15.1. The molecule has 5 atom stereocenters. The van der Waals surface area contributed by atoms with Crippen LogP contribution in [0, 0.1) is 11.8 Å². The molecule has 1 saturated heterocycles. The van der Waals surface area contributed by atoms with Crippen LogP contribution < -0.4 is 10.1 Å². The molecular weight excluding hydrogens is 390 g/mol. The van der Waals surface area contributed by atoms with Crippen molar-refractivity contribution in [3.8, 4) is 5.75 Å². The first-order valence-electron chi connectivity index (χ1n) is 12.5. The molecule has 1 saturated carbocycles. The minimum absolute atomic E-state index is 0.261. The van der Waals surface area contributed by atoms with Gasteiger partial charge in [0.25, 0.3) is 0 Å². The Hall–Kier alpha value is -1.75. The minimum atomic E-state index is -1.26. The summed E-state index contributed by atoms with van der Waals surface area (Å²) in [6.45, 7) is 5.43. The van der Waals surface area contributed by atoms with Gasteiger partial charge in [-0.3, -0.25) is 0 Å². The van der Waals surface area contributed by atoms with Crippen LogP contribution in [0.25, 0.3) is 0 Å². The van der Waals surface area contributed by atoms with Gasteiger partial charge in [0.15, 0.2) is 0 Å². The molecule has 0 amide bonds. The number of hydrogen-bond donors (Lipinski definition) is 2. The maximum Gasteiger partial charge on any atom is 0.508 e. The lowest BCUT2D eigenvalue weighted by molar-refractivity contribution is -0.0664. The van der Waals surface area contributed by atoms with Crippen LogP contribution in [0.1, 0.15) is 89.2 Å². The summed E-state index contributed by atoms with van der Waals surface area (Å²) in [5.41, 5.74) is 3.16. The van der Waals surface area contributed by atoms with Crippen molar-refractivity contribution in [2.75, 3.05) is 6.54 Å². The molecule has 0 radical (unpaired) electrons. The number of nitrogens with one attached hydrogen (secondary N) is 1. The molecule has 0 aromatic heterocycles. The molecular formula is C26H39NO4. The molecule has 1 heterocycles. The van der Waals surface area contributed by atoms with E-state index < -0.39 is 12.4 Å². The molecule has 2 unspecified atom stereocenters. The summed E-state index contributed by atoms with van der Waals surface area (Å²) < 4.78 is 11.4. The second kappa shape index (κ2) is 9.81. The molecule has 1 aromatic carbocycles. The number of benzene rings is 1. The summed E-state index contributed by atoms with van der Waals surface area (Å²) >= 11 is 0. The van der Waals surface area contributed by atoms with Gasteiger partial charge in [0, 0.05) is 17.9 Å². The third kappa shape index (κ3) is 4.72. The van der Waals surface area contributed by atoms with Gasteiger partial charge in [-0.1, -0.05) is 58.4 Å². The zero-order valence-corrected chi connectivity index (χ0v) is 19.2. The van der Waals surface area contributed by atoms with Gasteiger partial charge in [-0.25, -0.2) is 4.79 Å². The van der Waals surface area contributed by atoms with E-state index in [9.17, 15) is 9.90 Å². The topological polar surface area (TPSA) is 67.8 Å². The van der Waals surface area contributed by atoms with E-state index in [0.717, 1.165) is 44.4 Å². The van der Waals surface area contributed by atoms with Crippen LogP contribution in [-0.4, -0.2) is 30.1 Å². The zero-order valence-electron chi connectivity index (χ0n) is 19.2. The molecule has 4 rings (SSSR count). The van der Waals surface area contributed by atoms with Crippen molar-refractivity contribution in [1.82, 2.24) is 5.32 Å². The minimum Gasteiger partial charge on any atom is -0.455 e. The number of carbonyl (C=O) groups is 1. The van der Waals surface area contributed by atoms with Crippen molar-refractivity contribution in [3.63, 3.8) is 0 Å². The number of carboxylic acid groups (broad SMARTS) is 1. The predicted octanol–water partition coefficient (Wildman–Crippen LogP) is 6.04. The highest BCUT2D eigenvalue weighted by atomic mass is 16.8. The molecule has 5 nitrogen and oxygen atoms in total. The molecule has 2 N–H and O–H groups in total. The van der Waals surface area contributed by atoms with E-state index in [-0.39, 0.29) is 5.41 Å². The number of ether oxygens (including phenoxy) is 2. The fraction of sp³-hybridized carbons (Fsp3) is 0.731. The molecule has 1 aromatic rings. The van der Waals surface area contributed by atoms with Crippen LogP contribution in [0.3, 0.4) is 0 Å². The Morgan fingerprint density at radius 2 is 2.16 bits per heavy atom. The number of unbranched alkanes of at least 4 members (excludes halogenated alkanes) is 1. The van der Waals surface area contributed by atoms with Crippen LogP contribution in [0.15, 0.2) is 18.2 Å². The van der Waals surface area contributed by atoms with Crippen LogP contribution >= 0.6 is 0 Å². The fourth-order valence-corrected chi connectivity index (χ4v) is 6.61. The lowest BCUT2D eigenvalue weighted by Crippen LogP contribution is -2.59. The molecule has 2 fully saturated rings. The average Bonchev–Trinajstić information content (AvgIpc) is 2.76. The van der Waals surface area contributed by atoms with E-state index in [1.165, 1.54) is 43.2 Å². The Morgan fingerprint density at radius 1 is 1.29 bits per heavy atom. The number of rotatable bonds is 9. The first kappa shape index (κ1) is 22.4. The lowest BCUT2D eigenvalue weighted by atomic mass is 9.53. The first-order valence-corrected chi connectivity index (χ1v) is 12.5. The fourth-order valence-electron chi connectivity index (χ4n) is 6.61. The van der Waals surface area contributed by atoms with Gasteiger partial charge in [-0.15, -0.1) is 0 Å². The molecule has 31 heavy (non-hydrogen) atoms. The van der Waals surface area contributed by atoms with Gasteiger partial charge in [-0.05, 0) is 67.3 Å². The summed E-state index contributed by atoms with van der Waals surface area (Å²) in [7, 11) is 0. The second-order valence-corrected chi connectivity index (χ2v) is 9.93. The van der Waals surface area contributed by atoms with E-state index in [1.54, 1.807) is 0 Å². The smallest absolute Gasteiger partial charge is 0.455 e. The lowest BCUT2D eigenvalue weighted by Gasteiger charge is -2.56. The third-order valence-corrected chi connectivity index (χ3v) is 8.19. The molecule has 0 spiro atoms. The summed E-state index contributed by atoms with van der Waals surface area (Å²) in [6, 6.07) is 7.05. The van der Waals surface area contributed by atoms with Gasteiger partial charge < -0.3 is 19.9 Å². The highest BCUT2D eigenvalue weighted by Gasteiger charge is 2.51. The van der Waals surface area contributed by atoms with Crippen molar-refractivity contribution in [2.45, 2.75) is 102 Å². The Kier molecular flexibility index (Phi) is 7.10. The monoisotopic (exact) mass is 429 g/mol. The standard InChI is InChI=1S/C26H39NO4/c1-3-5-8-18(4-2)15-24(31-25(28)29)30-20-11-10-19-16-23-21-9-6-7-12-26(21,13-14-27-23)22(19)17-20/h10-11,17-18,21,23-24,27H,3-9,12-16H2,1-2H3,(H,28,29)/t18?,21-,23+,24?,26+/m0/s1. The van der Waals surface area contributed by atoms with E-state index in [2.05, 4.69) is 31.3 Å².